The molecule has 0 aliphatic heterocycles. The highest BCUT2D eigenvalue weighted by molar-refractivity contribution is 7.92. The summed E-state index contributed by atoms with van der Waals surface area (Å²) in [5, 5.41) is 0. The zero-order valence-corrected chi connectivity index (χ0v) is 13.0. The lowest BCUT2D eigenvalue weighted by atomic mass is 10.1. The first kappa shape index (κ1) is 17.8. The predicted octanol–water partition coefficient (Wildman–Crippen LogP) is 2.53. The number of carbonyl (C=O) groups is 1. The predicted molar refractivity (Wildman–Crippen MR) is 81.6 cm³/mol. The zero-order valence-electron chi connectivity index (χ0n) is 12.2. The maximum Gasteiger partial charge on any atom is 0.416 e. The van der Waals surface area contributed by atoms with Crippen LogP contribution in [0.5, 0.6) is 0 Å². The fourth-order valence-corrected chi connectivity index (χ4v) is 3.05. The second-order valence-corrected chi connectivity index (χ2v) is 6.65. The molecule has 9 heteroatoms. The van der Waals surface area contributed by atoms with Crippen molar-refractivity contribution in [2.75, 3.05) is 4.72 Å². The largest absolute Gasteiger partial charge is 0.416 e. The highest BCUT2D eigenvalue weighted by atomic mass is 32.2. The number of primary amides is 1. The number of nitrogens with one attached hydrogen (secondary N) is 1. The maximum atomic E-state index is 12.7. The minimum atomic E-state index is -4.64. The maximum absolute atomic E-state index is 12.7. The van der Waals surface area contributed by atoms with E-state index in [1.54, 1.807) is 0 Å². The lowest BCUT2D eigenvalue weighted by molar-refractivity contribution is -0.137. The molecule has 0 bridgehead atoms. The van der Waals surface area contributed by atoms with Gasteiger partial charge in [0.15, 0.2) is 0 Å². The highest BCUT2D eigenvalue weighted by Gasteiger charge is 2.31. The van der Waals surface area contributed by atoms with Crippen LogP contribution < -0.4 is 10.5 Å². The first-order valence-corrected chi connectivity index (χ1v) is 8.13. The Bertz CT molecular complexity index is 847. The number of halogens is 3. The van der Waals surface area contributed by atoms with Gasteiger partial charge in [0.25, 0.3) is 10.0 Å². The van der Waals surface area contributed by atoms with Crippen LogP contribution in [-0.2, 0) is 27.4 Å². The van der Waals surface area contributed by atoms with E-state index in [0.29, 0.717) is 11.6 Å². The fourth-order valence-electron chi connectivity index (χ4n) is 1.95. The van der Waals surface area contributed by atoms with Gasteiger partial charge in [-0.15, -0.1) is 0 Å². The third kappa shape index (κ3) is 4.48. The molecule has 0 unspecified atom stereocenters. The molecular formula is C15H13F3N2O3S. The molecule has 1 amide bonds. The lowest BCUT2D eigenvalue weighted by Gasteiger charge is -2.11. The zero-order chi connectivity index (χ0) is 18.0. The number of anilines is 1. The molecule has 0 atom stereocenters. The van der Waals surface area contributed by atoms with Crippen LogP contribution in [0.25, 0.3) is 0 Å². The van der Waals surface area contributed by atoms with E-state index >= 15 is 0 Å². The van der Waals surface area contributed by atoms with Gasteiger partial charge >= 0.3 is 6.18 Å². The van der Waals surface area contributed by atoms with Crippen molar-refractivity contribution >= 4 is 21.6 Å². The summed E-state index contributed by atoms with van der Waals surface area (Å²) < 4.78 is 64.6. The van der Waals surface area contributed by atoms with Crippen LogP contribution in [0.15, 0.2) is 53.4 Å². The van der Waals surface area contributed by atoms with E-state index in [1.165, 1.54) is 24.3 Å². The van der Waals surface area contributed by atoms with Gasteiger partial charge in [-0.3, -0.25) is 9.52 Å². The van der Waals surface area contributed by atoms with Crippen molar-refractivity contribution in [1.29, 1.82) is 0 Å². The van der Waals surface area contributed by atoms with Gasteiger partial charge < -0.3 is 5.73 Å². The summed E-state index contributed by atoms with van der Waals surface area (Å²) in [4.78, 5) is 10.3. The first-order valence-electron chi connectivity index (χ1n) is 6.65. The van der Waals surface area contributed by atoms with Gasteiger partial charge in [-0.1, -0.05) is 18.2 Å². The van der Waals surface area contributed by atoms with Gasteiger partial charge in [-0.05, 0) is 35.9 Å². The molecular weight excluding hydrogens is 345 g/mol. The van der Waals surface area contributed by atoms with E-state index in [9.17, 15) is 26.4 Å². The van der Waals surface area contributed by atoms with Gasteiger partial charge in [0.05, 0.1) is 16.9 Å². The van der Waals surface area contributed by atoms with Crippen LogP contribution in [0, 0.1) is 0 Å². The standard InChI is InChI=1S/C15H13F3N2O3S/c16-15(17,18)11-2-1-3-13(9-11)24(22,23)20-12-6-4-10(5-7-12)8-14(19)21/h1-7,9,20H,8H2,(H2,19,21). The average molecular weight is 358 g/mol. The monoisotopic (exact) mass is 358 g/mol. The SMILES string of the molecule is NC(=O)Cc1ccc(NS(=O)(=O)c2cccc(C(F)(F)F)c2)cc1. The number of nitrogens with two attached hydrogens (primary N) is 1. The van der Waals surface area contributed by atoms with Gasteiger partial charge in [0, 0.05) is 5.69 Å². The van der Waals surface area contributed by atoms with E-state index in [2.05, 4.69) is 4.72 Å². The van der Waals surface area contributed by atoms with E-state index in [0.717, 1.165) is 18.2 Å². The molecule has 0 aromatic heterocycles. The van der Waals surface area contributed by atoms with Crippen molar-refractivity contribution in [3.8, 4) is 0 Å². The Hall–Kier alpha value is -2.55. The summed E-state index contributed by atoms with van der Waals surface area (Å²) in [6, 6.07) is 9.21. The molecule has 2 aromatic rings. The van der Waals surface area contributed by atoms with Crippen molar-refractivity contribution in [2.24, 2.45) is 5.73 Å². The number of amides is 1. The van der Waals surface area contributed by atoms with Gasteiger partial charge in [-0.2, -0.15) is 13.2 Å². The van der Waals surface area contributed by atoms with Crippen molar-refractivity contribution in [2.45, 2.75) is 17.5 Å². The Morgan fingerprint density at radius 3 is 2.25 bits per heavy atom. The Balaban J connectivity index is 2.24. The van der Waals surface area contributed by atoms with Crippen LogP contribution in [0.3, 0.4) is 0 Å². The summed E-state index contributed by atoms with van der Waals surface area (Å²) in [6.45, 7) is 0. The summed E-state index contributed by atoms with van der Waals surface area (Å²) in [6.07, 6.45) is -4.64. The fraction of sp³-hybridized carbons (Fsp3) is 0.133. The van der Waals surface area contributed by atoms with Crippen molar-refractivity contribution < 1.29 is 26.4 Å². The van der Waals surface area contributed by atoms with Crippen molar-refractivity contribution in [3.05, 3.63) is 59.7 Å². The Kier molecular flexibility index (Phi) is 4.83. The molecule has 5 nitrogen and oxygen atoms in total. The van der Waals surface area contributed by atoms with Crippen molar-refractivity contribution in [1.82, 2.24) is 0 Å². The Morgan fingerprint density at radius 1 is 1.08 bits per heavy atom. The van der Waals surface area contributed by atoms with Crippen molar-refractivity contribution in [3.63, 3.8) is 0 Å². The number of sulfonamides is 1. The molecule has 0 fully saturated rings. The second-order valence-electron chi connectivity index (χ2n) is 4.97. The Morgan fingerprint density at radius 2 is 1.71 bits per heavy atom. The van der Waals surface area contributed by atoms with Crippen LogP contribution in [0.2, 0.25) is 0 Å². The quantitative estimate of drug-likeness (QED) is 0.861. The number of hydrogen-bond donors (Lipinski definition) is 2. The lowest BCUT2D eigenvalue weighted by Crippen LogP contribution is -2.15. The van der Waals surface area contributed by atoms with E-state index in [-0.39, 0.29) is 12.1 Å². The minimum Gasteiger partial charge on any atom is -0.369 e. The number of alkyl halides is 3. The molecule has 0 saturated carbocycles. The second kappa shape index (κ2) is 6.52. The molecule has 128 valence electrons. The number of hydrogen-bond acceptors (Lipinski definition) is 3. The van der Waals surface area contributed by atoms with E-state index < -0.39 is 32.6 Å². The van der Waals surface area contributed by atoms with Gasteiger partial charge in [0.1, 0.15) is 0 Å². The number of benzene rings is 2. The number of carbonyl (C=O) groups excluding carboxylic acids is 1. The van der Waals surface area contributed by atoms with E-state index in [1.807, 2.05) is 0 Å². The molecule has 0 aliphatic carbocycles. The molecule has 0 spiro atoms. The summed E-state index contributed by atoms with van der Waals surface area (Å²) in [7, 11) is -4.17. The van der Waals surface area contributed by atoms with Crippen LogP contribution >= 0.6 is 0 Å². The molecule has 2 rings (SSSR count). The Labute approximate surface area is 136 Å². The number of rotatable bonds is 5. The molecule has 0 radical (unpaired) electrons. The van der Waals surface area contributed by atoms with Crippen LogP contribution in [-0.4, -0.2) is 14.3 Å². The molecule has 3 N–H and O–H groups in total. The third-order valence-corrected chi connectivity index (χ3v) is 4.44. The minimum absolute atomic E-state index is 0.000653. The van der Waals surface area contributed by atoms with Crippen LogP contribution in [0.1, 0.15) is 11.1 Å². The van der Waals surface area contributed by atoms with Gasteiger partial charge in [-0.25, -0.2) is 8.42 Å². The highest BCUT2D eigenvalue weighted by Crippen LogP contribution is 2.30. The normalized spacial score (nSPS) is 12.0. The third-order valence-electron chi connectivity index (χ3n) is 3.06. The molecule has 24 heavy (non-hydrogen) atoms. The molecule has 0 saturated heterocycles. The van der Waals surface area contributed by atoms with E-state index in [4.69, 9.17) is 5.73 Å². The van der Waals surface area contributed by atoms with Gasteiger partial charge in [0.2, 0.25) is 5.91 Å². The molecule has 2 aromatic carbocycles. The topological polar surface area (TPSA) is 89.3 Å². The van der Waals surface area contributed by atoms with Crippen LogP contribution in [0.4, 0.5) is 18.9 Å². The first-order chi connectivity index (χ1) is 11.1. The smallest absolute Gasteiger partial charge is 0.369 e. The molecule has 0 heterocycles. The molecule has 0 aliphatic rings. The summed E-state index contributed by atoms with van der Waals surface area (Å²) in [5.41, 5.74) is 4.73. The summed E-state index contributed by atoms with van der Waals surface area (Å²) in [5.74, 6) is -0.535. The average Bonchev–Trinajstić information content (AvgIpc) is 2.48. The summed E-state index contributed by atoms with van der Waals surface area (Å²) >= 11 is 0.